The van der Waals surface area contributed by atoms with Gasteiger partial charge in [0.1, 0.15) is 0 Å². The molecule has 0 bridgehead atoms. The van der Waals surface area contributed by atoms with Gasteiger partial charge >= 0.3 is 0 Å². The molecular formula is C16H6Cl2O2. The lowest BCUT2D eigenvalue weighted by molar-refractivity contribution is 0.103. The zero-order chi connectivity index (χ0) is 14.0. The molecule has 0 saturated heterocycles. The predicted octanol–water partition coefficient (Wildman–Crippen LogP) is 4.39. The third kappa shape index (κ3) is 1.35. The van der Waals surface area contributed by atoms with E-state index in [0.717, 1.165) is 21.9 Å². The van der Waals surface area contributed by atoms with Crippen LogP contribution in [0.3, 0.4) is 0 Å². The molecule has 0 N–H and O–H groups in total. The van der Waals surface area contributed by atoms with Crippen molar-refractivity contribution in [1.29, 1.82) is 0 Å². The average Bonchev–Trinajstić information content (AvgIpc) is 2.42. The molecule has 20 heavy (non-hydrogen) atoms. The summed E-state index contributed by atoms with van der Waals surface area (Å²) in [6.07, 6.45) is 2.81. The molecule has 2 aliphatic rings. The fraction of sp³-hybridized carbons (Fsp3) is 0. The van der Waals surface area contributed by atoms with Crippen LogP contribution in [0.2, 0.25) is 0 Å². The third-order valence-electron chi connectivity index (χ3n) is 3.72. The number of carbonyl (C=O) groups is 2. The molecule has 0 unspecified atom stereocenters. The molecule has 0 heterocycles. The van der Waals surface area contributed by atoms with Crippen molar-refractivity contribution in [3.63, 3.8) is 0 Å². The van der Waals surface area contributed by atoms with Gasteiger partial charge in [0, 0.05) is 45.2 Å². The number of allylic oxidation sites excluding steroid dienone is 2. The highest BCUT2D eigenvalue weighted by Crippen LogP contribution is 2.42. The summed E-state index contributed by atoms with van der Waals surface area (Å²) in [6.45, 7) is 0. The van der Waals surface area contributed by atoms with E-state index in [4.69, 9.17) is 23.2 Å². The summed E-state index contributed by atoms with van der Waals surface area (Å²) in [5, 5.41) is 2.22. The van der Waals surface area contributed by atoms with E-state index < -0.39 is 0 Å². The molecule has 0 aliphatic heterocycles. The van der Waals surface area contributed by atoms with Gasteiger partial charge in [-0.3, -0.25) is 9.59 Å². The van der Waals surface area contributed by atoms with Crippen LogP contribution in [0.4, 0.5) is 0 Å². The minimum atomic E-state index is -0.149. The van der Waals surface area contributed by atoms with Crippen LogP contribution in [0.5, 0.6) is 0 Å². The highest BCUT2D eigenvalue weighted by Gasteiger charge is 2.27. The summed E-state index contributed by atoms with van der Waals surface area (Å²) in [5.41, 5.74) is 2.65. The Labute approximate surface area is 124 Å². The maximum atomic E-state index is 12.1. The second kappa shape index (κ2) is 3.81. The summed E-state index contributed by atoms with van der Waals surface area (Å²) in [6, 6.07) is 7.03. The Morgan fingerprint density at radius 2 is 0.950 bits per heavy atom. The Balaban J connectivity index is 2.30. The van der Waals surface area contributed by atoms with E-state index in [0.29, 0.717) is 21.2 Å². The molecule has 2 aromatic carbocycles. The molecule has 4 rings (SSSR count). The largest absolute Gasteiger partial charge is 0.289 e. The first-order valence-corrected chi connectivity index (χ1v) is 6.77. The van der Waals surface area contributed by atoms with E-state index in [1.165, 1.54) is 12.2 Å². The molecule has 0 spiro atoms. The molecule has 2 nitrogen and oxygen atoms in total. The first kappa shape index (κ1) is 11.9. The minimum absolute atomic E-state index is 0.149. The van der Waals surface area contributed by atoms with Crippen molar-refractivity contribution < 1.29 is 9.59 Å². The van der Waals surface area contributed by atoms with Gasteiger partial charge < -0.3 is 0 Å². The lowest BCUT2D eigenvalue weighted by Gasteiger charge is -2.21. The van der Waals surface area contributed by atoms with Gasteiger partial charge in [-0.2, -0.15) is 0 Å². The zero-order valence-electron chi connectivity index (χ0n) is 10.0. The monoisotopic (exact) mass is 300 g/mol. The van der Waals surface area contributed by atoms with E-state index >= 15 is 0 Å². The van der Waals surface area contributed by atoms with Crippen LogP contribution in [0.25, 0.3) is 20.8 Å². The predicted molar refractivity (Wildman–Crippen MR) is 80.3 cm³/mol. The van der Waals surface area contributed by atoms with Gasteiger partial charge in [-0.15, -0.1) is 0 Å². The highest BCUT2D eigenvalue weighted by molar-refractivity contribution is 6.55. The maximum Gasteiger partial charge on any atom is 0.187 e. The number of halogens is 2. The summed E-state index contributed by atoms with van der Waals surface area (Å²) in [4.78, 5) is 24.2. The number of rotatable bonds is 0. The number of hydrogen-bond donors (Lipinski definition) is 0. The Kier molecular flexibility index (Phi) is 2.27. The molecule has 4 heteroatoms. The second-order valence-electron chi connectivity index (χ2n) is 4.78. The summed E-state index contributed by atoms with van der Waals surface area (Å²) in [7, 11) is 0. The minimum Gasteiger partial charge on any atom is -0.289 e. The lowest BCUT2D eigenvalue weighted by atomic mass is 9.84. The summed E-state index contributed by atoms with van der Waals surface area (Å²) in [5.74, 6) is -0.298. The number of carbonyl (C=O) groups excluding carboxylic acids is 2. The molecule has 0 fully saturated rings. The van der Waals surface area contributed by atoms with E-state index in [1.807, 2.05) is 12.1 Å². The maximum absolute atomic E-state index is 12.1. The molecule has 0 amide bonds. The van der Waals surface area contributed by atoms with Crippen molar-refractivity contribution in [2.45, 2.75) is 0 Å². The Bertz CT molecular complexity index is 830. The van der Waals surface area contributed by atoms with Gasteiger partial charge in [0.05, 0.1) is 10.1 Å². The van der Waals surface area contributed by atoms with Crippen molar-refractivity contribution in [3.05, 3.63) is 58.7 Å². The molecule has 0 saturated carbocycles. The van der Waals surface area contributed by atoms with Crippen LogP contribution in [0, 0.1) is 0 Å². The Hall–Kier alpha value is -1.90. The summed E-state index contributed by atoms with van der Waals surface area (Å²) < 4.78 is 0. The Morgan fingerprint density at radius 1 is 0.600 bits per heavy atom. The van der Waals surface area contributed by atoms with Crippen molar-refractivity contribution in [1.82, 2.24) is 0 Å². The number of benzene rings is 2. The van der Waals surface area contributed by atoms with Crippen LogP contribution >= 0.6 is 23.2 Å². The first-order valence-electron chi connectivity index (χ1n) is 6.01. The standard InChI is InChI=1S/C16H6Cl2O2/c17-11-5-13(19)9-3-4-10-14(20)6-12(18)8-2-1-7(11)15(9)16(8)10/h1-6H. The molecule has 96 valence electrons. The van der Waals surface area contributed by atoms with E-state index in [1.54, 1.807) is 12.1 Å². The second-order valence-corrected chi connectivity index (χ2v) is 5.60. The van der Waals surface area contributed by atoms with Crippen molar-refractivity contribution >= 4 is 55.6 Å². The van der Waals surface area contributed by atoms with Crippen LogP contribution in [-0.4, -0.2) is 11.6 Å². The molecule has 2 aromatic rings. The number of hydrogen-bond acceptors (Lipinski definition) is 2. The smallest absolute Gasteiger partial charge is 0.187 e. The fourth-order valence-corrected chi connectivity index (χ4v) is 3.36. The van der Waals surface area contributed by atoms with Crippen LogP contribution in [0.15, 0.2) is 36.4 Å². The van der Waals surface area contributed by atoms with Crippen molar-refractivity contribution in [2.75, 3.05) is 0 Å². The zero-order valence-corrected chi connectivity index (χ0v) is 11.5. The van der Waals surface area contributed by atoms with Gasteiger partial charge in [0.2, 0.25) is 0 Å². The molecule has 0 aromatic heterocycles. The van der Waals surface area contributed by atoms with Crippen molar-refractivity contribution in [3.8, 4) is 0 Å². The molecule has 2 aliphatic carbocycles. The van der Waals surface area contributed by atoms with Crippen LogP contribution < -0.4 is 0 Å². The van der Waals surface area contributed by atoms with E-state index in [2.05, 4.69) is 0 Å². The van der Waals surface area contributed by atoms with E-state index in [-0.39, 0.29) is 11.6 Å². The van der Waals surface area contributed by atoms with Gasteiger partial charge in [-0.05, 0) is 12.1 Å². The van der Waals surface area contributed by atoms with Gasteiger partial charge in [0.15, 0.2) is 11.6 Å². The highest BCUT2D eigenvalue weighted by atomic mass is 35.5. The molecular weight excluding hydrogens is 295 g/mol. The van der Waals surface area contributed by atoms with Crippen LogP contribution in [0.1, 0.15) is 31.8 Å². The Morgan fingerprint density at radius 3 is 1.35 bits per heavy atom. The van der Waals surface area contributed by atoms with Gasteiger partial charge in [0.25, 0.3) is 0 Å². The topological polar surface area (TPSA) is 34.1 Å². The quantitative estimate of drug-likeness (QED) is 0.723. The first-order chi connectivity index (χ1) is 9.58. The SMILES string of the molecule is O=C1C=C(Cl)c2ccc3c4c(ccc1c24)C(=O)C=C3Cl. The molecule has 0 radical (unpaired) electrons. The molecule has 0 atom stereocenters. The average molecular weight is 301 g/mol. The fourth-order valence-electron chi connectivity index (χ4n) is 2.85. The normalized spacial score (nSPS) is 16.3. The van der Waals surface area contributed by atoms with Crippen LogP contribution in [-0.2, 0) is 0 Å². The van der Waals surface area contributed by atoms with Gasteiger partial charge in [-0.1, -0.05) is 35.3 Å². The van der Waals surface area contributed by atoms with E-state index in [9.17, 15) is 9.59 Å². The van der Waals surface area contributed by atoms with Crippen molar-refractivity contribution in [2.24, 2.45) is 0 Å². The third-order valence-corrected chi connectivity index (χ3v) is 4.35. The van der Waals surface area contributed by atoms with Gasteiger partial charge in [-0.25, -0.2) is 0 Å². The summed E-state index contributed by atoms with van der Waals surface area (Å²) >= 11 is 12.3. The number of ketones is 2. The lowest BCUT2D eigenvalue weighted by Crippen LogP contribution is -2.10.